The van der Waals surface area contributed by atoms with E-state index in [0.717, 1.165) is 5.56 Å². The lowest BCUT2D eigenvalue weighted by Crippen LogP contribution is -2.57. The number of hydrogen-bond acceptors (Lipinski definition) is 5. The number of benzene rings is 3. The number of nitrogens with one attached hydrogen (secondary N) is 1. The van der Waals surface area contributed by atoms with E-state index in [1.807, 2.05) is 6.07 Å². The monoisotopic (exact) mass is 513 g/mol. The number of rotatable bonds is 6. The van der Waals surface area contributed by atoms with E-state index in [2.05, 4.69) is 5.32 Å². The van der Waals surface area contributed by atoms with E-state index in [9.17, 15) is 24.3 Å². The van der Waals surface area contributed by atoms with Crippen LogP contribution >= 0.6 is 0 Å². The Kier molecular flexibility index (Phi) is 8.53. The second kappa shape index (κ2) is 12.2. The maximum atomic E-state index is 13.8. The van der Waals surface area contributed by atoms with E-state index in [1.54, 1.807) is 73.7 Å². The minimum absolute atomic E-state index is 0.0995. The Labute approximate surface area is 221 Å². The first-order valence-corrected chi connectivity index (χ1v) is 12.6. The maximum Gasteiger partial charge on any atom is 0.254 e. The number of phenolic OH excluding ortho intramolecular Hbond substituents is 1. The number of phenols is 1. The molecule has 2 N–H and O–H groups in total. The van der Waals surface area contributed by atoms with Crippen molar-refractivity contribution in [1.29, 1.82) is 0 Å². The average molecular weight is 514 g/mol. The normalized spacial score (nSPS) is 16.8. The number of carbonyl (C=O) groups is 4. The highest BCUT2D eigenvalue weighted by molar-refractivity contribution is 6.00. The van der Waals surface area contributed by atoms with Gasteiger partial charge in [-0.1, -0.05) is 48.5 Å². The van der Waals surface area contributed by atoms with Crippen molar-refractivity contribution in [2.24, 2.45) is 0 Å². The molecule has 0 spiro atoms. The van der Waals surface area contributed by atoms with Gasteiger partial charge < -0.3 is 20.2 Å². The maximum absolute atomic E-state index is 13.8. The standard InChI is InChI=1S/C30H31N3O5/c1-21-27(35)20-32(29(37)24-11-6-3-7-12-24)17-8-18-33(21)30(38)26(19-22-13-15-25(34)16-14-22)31-28(36)23-9-4-2-5-10-23/h2-7,9-16,21,26,34H,8,17-20H2,1H3,(H,31,36)/t21?,26-/m0/s1. The van der Waals surface area contributed by atoms with Crippen molar-refractivity contribution in [2.45, 2.75) is 31.8 Å². The van der Waals surface area contributed by atoms with Gasteiger partial charge in [-0.3, -0.25) is 19.2 Å². The molecule has 1 heterocycles. The van der Waals surface area contributed by atoms with Gasteiger partial charge in [0.1, 0.15) is 11.8 Å². The molecule has 196 valence electrons. The minimum atomic E-state index is -0.927. The van der Waals surface area contributed by atoms with Crippen molar-refractivity contribution >= 4 is 23.5 Å². The fourth-order valence-electron chi connectivity index (χ4n) is 4.54. The van der Waals surface area contributed by atoms with Gasteiger partial charge in [0, 0.05) is 30.6 Å². The van der Waals surface area contributed by atoms with Gasteiger partial charge in [-0.25, -0.2) is 0 Å². The highest BCUT2D eigenvalue weighted by Crippen LogP contribution is 2.17. The van der Waals surface area contributed by atoms with Gasteiger partial charge in [-0.2, -0.15) is 0 Å². The van der Waals surface area contributed by atoms with E-state index in [-0.39, 0.29) is 42.9 Å². The van der Waals surface area contributed by atoms with E-state index in [1.165, 1.54) is 21.9 Å². The smallest absolute Gasteiger partial charge is 0.254 e. The summed E-state index contributed by atoms with van der Waals surface area (Å²) in [7, 11) is 0. The van der Waals surface area contributed by atoms with Crippen LogP contribution in [0.5, 0.6) is 5.75 Å². The summed E-state index contributed by atoms with van der Waals surface area (Å²) in [5.41, 5.74) is 1.68. The van der Waals surface area contributed by atoms with Crippen molar-refractivity contribution in [3.63, 3.8) is 0 Å². The lowest BCUT2D eigenvalue weighted by Gasteiger charge is -2.36. The second-order valence-electron chi connectivity index (χ2n) is 9.38. The van der Waals surface area contributed by atoms with Crippen LogP contribution in [0.2, 0.25) is 0 Å². The average Bonchev–Trinajstić information content (AvgIpc) is 2.94. The third-order valence-electron chi connectivity index (χ3n) is 6.71. The molecule has 2 atom stereocenters. The Bertz CT molecular complexity index is 1280. The molecule has 1 aliphatic heterocycles. The van der Waals surface area contributed by atoms with Gasteiger partial charge >= 0.3 is 0 Å². The SMILES string of the molecule is CC1C(=O)CN(C(=O)c2ccccc2)CCCN1C(=O)[C@H](Cc1ccc(O)cc1)NC(=O)c1ccccc1. The molecule has 0 radical (unpaired) electrons. The van der Waals surface area contributed by atoms with E-state index >= 15 is 0 Å². The second-order valence-corrected chi connectivity index (χ2v) is 9.38. The van der Waals surface area contributed by atoms with Crippen LogP contribution in [0.15, 0.2) is 84.9 Å². The molecule has 0 aromatic heterocycles. The summed E-state index contributed by atoms with van der Waals surface area (Å²) < 4.78 is 0. The molecule has 1 aliphatic rings. The molecule has 1 fully saturated rings. The highest BCUT2D eigenvalue weighted by atomic mass is 16.3. The molecular weight excluding hydrogens is 482 g/mol. The van der Waals surface area contributed by atoms with Crippen LogP contribution in [0.3, 0.4) is 0 Å². The van der Waals surface area contributed by atoms with E-state index in [0.29, 0.717) is 24.1 Å². The topological polar surface area (TPSA) is 107 Å². The zero-order valence-electron chi connectivity index (χ0n) is 21.2. The number of aromatic hydroxyl groups is 1. The van der Waals surface area contributed by atoms with Crippen molar-refractivity contribution in [1.82, 2.24) is 15.1 Å². The molecule has 8 heteroatoms. The summed E-state index contributed by atoms with van der Waals surface area (Å²) in [6.07, 6.45) is 0.675. The number of amides is 3. The summed E-state index contributed by atoms with van der Waals surface area (Å²) in [6.45, 7) is 2.15. The van der Waals surface area contributed by atoms with Crippen molar-refractivity contribution in [2.75, 3.05) is 19.6 Å². The predicted molar refractivity (Wildman–Crippen MR) is 143 cm³/mol. The number of hydrogen-bond donors (Lipinski definition) is 2. The Morgan fingerprint density at radius 2 is 1.50 bits per heavy atom. The highest BCUT2D eigenvalue weighted by Gasteiger charge is 2.35. The summed E-state index contributed by atoms with van der Waals surface area (Å²) in [5, 5.41) is 12.5. The Hall–Kier alpha value is -4.46. The lowest BCUT2D eigenvalue weighted by atomic mass is 10.0. The third-order valence-corrected chi connectivity index (χ3v) is 6.71. The van der Waals surface area contributed by atoms with Gasteiger partial charge in [0.25, 0.3) is 11.8 Å². The first-order chi connectivity index (χ1) is 18.3. The Morgan fingerprint density at radius 1 is 0.895 bits per heavy atom. The molecule has 4 rings (SSSR count). The molecular formula is C30H31N3O5. The molecule has 1 saturated heterocycles. The Balaban J connectivity index is 1.52. The molecule has 38 heavy (non-hydrogen) atoms. The quantitative estimate of drug-likeness (QED) is 0.527. The van der Waals surface area contributed by atoms with Crippen LogP contribution in [0, 0.1) is 0 Å². The molecule has 0 aliphatic carbocycles. The van der Waals surface area contributed by atoms with Crippen LogP contribution in [0.1, 0.15) is 39.6 Å². The van der Waals surface area contributed by atoms with Gasteiger partial charge in [0.15, 0.2) is 5.78 Å². The first kappa shape index (κ1) is 26.6. The zero-order valence-corrected chi connectivity index (χ0v) is 21.2. The van der Waals surface area contributed by atoms with Crippen LogP contribution in [0.25, 0.3) is 0 Å². The van der Waals surface area contributed by atoms with E-state index < -0.39 is 18.0 Å². The first-order valence-electron chi connectivity index (χ1n) is 12.6. The molecule has 1 unspecified atom stereocenters. The molecule has 3 amide bonds. The van der Waals surface area contributed by atoms with Crippen LogP contribution in [0.4, 0.5) is 0 Å². The van der Waals surface area contributed by atoms with Gasteiger partial charge in [-0.15, -0.1) is 0 Å². The van der Waals surface area contributed by atoms with Crippen molar-refractivity contribution < 1.29 is 24.3 Å². The van der Waals surface area contributed by atoms with E-state index in [4.69, 9.17) is 0 Å². The van der Waals surface area contributed by atoms with Gasteiger partial charge in [0.05, 0.1) is 12.6 Å². The number of carbonyl (C=O) groups excluding carboxylic acids is 4. The third kappa shape index (κ3) is 6.45. The molecule has 0 bridgehead atoms. The number of nitrogens with zero attached hydrogens (tertiary/aromatic N) is 2. The van der Waals surface area contributed by atoms with Crippen molar-refractivity contribution in [3.8, 4) is 5.75 Å². The van der Waals surface area contributed by atoms with Crippen LogP contribution in [-0.2, 0) is 16.0 Å². The lowest BCUT2D eigenvalue weighted by molar-refractivity contribution is -0.141. The van der Waals surface area contributed by atoms with Crippen molar-refractivity contribution in [3.05, 3.63) is 102 Å². The fourth-order valence-corrected chi connectivity index (χ4v) is 4.54. The summed E-state index contributed by atoms with van der Waals surface area (Å²) in [5.74, 6) is -1.13. The molecule has 0 saturated carbocycles. The predicted octanol–water partition coefficient (Wildman–Crippen LogP) is 3.07. The zero-order chi connectivity index (χ0) is 27.1. The summed E-state index contributed by atoms with van der Waals surface area (Å²) >= 11 is 0. The number of Topliss-reactive ketones (excluding diaryl/α,β-unsaturated/α-hetero) is 1. The molecule has 3 aromatic carbocycles. The fraction of sp³-hybridized carbons (Fsp3) is 0.267. The molecule has 8 nitrogen and oxygen atoms in total. The van der Waals surface area contributed by atoms with Gasteiger partial charge in [0.2, 0.25) is 5.91 Å². The molecule has 3 aromatic rings. The van der Waals surface area contributed by atoms with Crippen LogP contribution < -0.4 is 5.32 Å². The largest absolute Gasteiger partial charge is 0.508 e. The minimum Gasteiger partial charge on any atom is -0.508 e. The Morgan fingerprint density at radius 3 is 2.13 bits per heavy atom. The summed E-state index contributed by atoms with van der Waals surface area (Å²) in [6, 6.07) is 22.2. The van der Waals surface area contributed by atoms with Gasteiger partial charge in [-0.05, 0) is 55.3 Å². The summed E-state index contributed by atoms with van der Waals surface area (Å²) in [4.78, 5) is 56.0. The number of ketones is 1. The van der Waals surface area contributed by atoms with Crippen LogP contribution in [-0.4, -0.2) is 70.1 Å².